The third-order valence-electron chi connectivity index (χ3n) is 5.72. The van der Waals surface area contributed by atoms with E-state index in [-0.39, 0.29) is 5.60 Å². The first-order valence-electron chi connectivity index (χ1n) is 9.56. The van der Waals surface area contributed by atoms with Crippen molar-refractivity contribution in [2.75, 3.05) is 26.3 Å². The van der Waals surface area contributed by atoms with Crippen molar-refractivity contribution >= 4 is 0 Å². The minimum atomic E-state index is 0.0315. The lowest BCUT2D eigenvalue weighted by atomic mass is 9.78. The number of nitrogens with zero attached hydrogens (tertiary/aromatic N) is 3. The van der Waals surface area contributed by atoms with Crippen LogP contribution < -0.4 is 4.74 Å². The molecule has 2 fully saturated rings. The first-order chi connectivity index (χ1) is 12.7. The molecule has 0 radical (unpaired) electrons. The van der Waals surface area contributed by atoms with Crippen LogP contribution in [0.1, 0.15) is 37.1 Å². The van der Waals surface area contributed by atoms with Gasteiger partial charge >= 0.3 is 0 Å². The second-order valence-corrected chi connectivity index (χ2v) is 7.41. The monoisotopic (exact) mass is 357 g/mol. The largest absolute Gasteiger partial charge is 0.478 e. The van der Waals surface area contributed by atoms with Crippen LogP contribution in [0.15, 0.2) is 35.0 Å². The summed E-state index contributed by atoms with van der Waals surface area (Å²) in [6.07, 6.45) is 6.09. The summed E-state index contributed by atoms with van der Waals surface area (Å²) in [7, 11) is 0. The Labute approximate surface area is 154 Å². The van der Waals surface area contributed by atoms with E-state index in [4.69, 9.17) is 14.0 Å². The van der Waals surface area contributed by atoms with Gasteiger partial charge in [-0.1, -0.05) is 11.2 Å². The summed E-state index contributed by atoms with van der Waals surface area (Å²) in [5.41, 5.74) is 1.05. The van der Waals surface area contributed by atoms with Gasteiger partial charge in [-0.2, -0.15) is 0 Å². The number of rotatable bonds is 6. The van der Waals surface area contributed by atoms with Crippen molar-refractivity contribution in [1.82, 2.24) is 15.0 Å². The van der Waals surface area contributed by atoms with Gasteiger partial charge in [-0.25, -0.2) is 4.98 Å². The third-order valence-corrected chi connectivity index (χ3v) is 5.72. The molecule has 26 heavy (non-hydrogen) atoms. The highest BCUT2D eigenvalue weighted by Gasteiger charge is 2.45. The van der Waals surface area contributed by atoms with Crippen molar-refractivity contribution in [2.24, 2.45) is 5.92 Å². The van der Waals surface area contributed by atoms with Crippen molar-refractivity contribution in [2.45, 2.75) is 44.8 Å². The number of pyridine rings is 1. The summed E-state index contributed by atoms with van der Waals surface area (Å²) in [5, 5.41) is 4.11. The molecule has 0 N–H and O–H groups in total. The van der Waals surface area contributed by atoms with Crippen LogP contribution in [0.25, 0.3) is 0 Å². The number of hydrogen-bond acceptors (Lipinski definition) is 6. The maximum atomic E-state index is 6.27. The van der Waals surface area contributed by atoms with E-state index in [0.717, 1.165) is 63.4 Å². The predicted octanol–water partition coefficient (Wildman–Crippen LogP) is 3.22. The van der Waals surface area contributed by atoms with E-state index >= 15 is 0 Å². The Morgan fingerprint density at radius 1 is 1.31 bits per heavy atom. The molecule has 0 bridgehead atoms. The van der Waals surface area contributed by atoms with E-state index in [9.17, 15) is 0 Å². The van der Waals surface area contributed by atoms with Crippen molar-refractivity contribution in [3.8, 4) is 5.88 Å². The maximum absolute atomic E-state index is 6.27. The Balaban J connectivity index is 1.27. The molecule has 1 spiro atoms. The van der Waals surface area contributed by atoms with Crippen molar-refractivity contribution in [3.63, 3.8) is 0 Å². The highest BCUT2D eigenvalue weighted by molar-refractivity contribution is 5.09. The van der Waals surface area contributed by atoms with Gasteiger partial charge in [-0.15, -0.1) is 0 Å². The molecular weight excluding hydrogens is 330 g/mol. The van der Waals surface area contributed by atoms with Crippen LogP contribution in [-0.2, 0) is 11.3 Å². The van der Waals surface area contributed by atoms with E-state index in [1.54, 1.807) is 6.20 Å². The lowest BCUT2D eigenvalue weighted by molar-refractivity contribution is -0.0711. The van der Waals surface area contributed by atoms with E-state index < -0.39 is 0 Å². The lowest BCUT2D eigenvalue weighted by Crippen LogP contribution is -2.47. The molecule has 6 nitrogen and oxygen atoms in total. The van der Waals surface area contributed by atoms with Gasteiger partial charge in [0.15, 0.2) is 0 Å². The molecule has 2 aromatic heterocycles. The smallest absolute Gasteiger partial charge is 0.213 e. The molecule has 6 heteroatoms. The first-order valence-corrected chi connectivity index (χ1v) is 9.56. The van der Waals surface area contributed by atoms with Crippen molar-refractivity contribution in [1.29, 1.82) is 0 Å². The lowest BCUT2D eigenvalue weighted by Gasteiger charge is -2.42. The topological polar surface area (TPSA) is 60.6 Å². The predicted molar refractivity (Wildman–Crippen MR) is 96.9 cm³/mol. The standard InChI is InChI=1S/C20H27N3O3/c1-16-14-18(22-26-16)15-23-10-7-20(8-11-23)17(6-13-25-20)5-12-24-19-4-2-3-9-21-19/h2-4,9,14,17H,5-8,10-13,15H2,1H3/t17-/m1/s1. The molecule has 0 unspecified atom stereocenters. The molecular formula is C20H27N3O3. The minimum Gasteiger partial charge on any atom is -0.478 e. The number of hydrogen-bond donors (Lipinski definition) is 0. The van der Waals surface area contributed by atoms with E-state index in [2.05, 4.69) is 15.0 Å². The fourth-order valence-electron chi connectivity index (χ4n) is 4.29. The SMILES string of the molecule is Cc1cc(CN2CCC3(CC2)OCC[C@H]3CCOc2ccccn2)no1. The van der Waals surface area contributed by atoms with Crippen LogP contribution in [0, 0.1) is 12.8 Å². The molecule has 4 heterocycles. The number of ether oxygens (including phenoxy) is 2. The van der Waals surface area contributed by atoms with Gasteiger partial charge in [0.1, 0.15) is 5.76 Å². The number of aromatic nitrogens is 2. The van der Waals surface area contributed by atoms with Gasteiger partial charge in [0.05, 0.1) is 17.9 Å². The number of aryl methyl sites for hydroxylation is 1. The van der Waals surface area contributed by atoms with Crippen molar-refractivity contribution in [3.05, 3.63) is 41.9 Å². The number of piperidine rings is 1. The molecule has 140 valence electrons. The van der Waals surface area contributed by atoms with E-state index in [0.29, 0.717) is 18.4 Å². The Morgan fingerprint density at radius 3 is 2.92 bits per heavy atom. The summed E-state index contributed by atoms with van der Waals surface area (Å²) in [6, 6.07) is 7.79. The summed E-state index contributed by atoms with van der Waals surface area (Å²) < 4.78 is 17.3. The van der Waals surface area contributed by atoms with Crippen LogP contribution in [-0.4, -0.2) is 46.9 Å². The maximum Gasteiger partial charge on any atom is 0.213 e. The minimum absolute atomic E-state index is 0.0315. The molecule has 2 aliphatic heterocycles. The van der Waals surface area contributed by atoms with E-state index in [1.807, 2.05) is 31.2 Å². The Hall–Kier alpha value is -1.92. The zero-order valence-electron chi connectivity index (χ0n) is 15.4. The van der Waals surface area contributed by atoms with Crippen LogP contribution in [0.4, 0.5) is 0 Å². The van der Waals surface area contributed by atoms with Crippen LogP contribution >= 0.6 is 0 Å². The molecule has 0 aromatic carbocycles. The average Bonchev–Trinajstić information content (AvgIpc) is 3.25. The second kappa shape index (κ2) is 7.76. The summed E-state index contributed by atoms with van der Waals surface area (Å²) in [6.45, 7) is 6.46. The summed E-state index contributed by atoms with van der Waals surface area (Å²) in [5.74, 6) is 2.15. The highest BCUT2D eigenvalue weighted by atomic mass is 16.5. The zero-order valence-corrected chi connectivity index (χ0v) is 15.4. The third kappa shape index (κ3) is 3.91. The van der Waals surface area contributed by atoms with Gasteiger partial charge in [0.25, 0.3) is 0 Å². The summed E-state index contributed by atoms with van der Waals surface area (Å²) >= 11 is 0. The highest BCUT2D eigenvalue weighted by Crippen LogP contribution is 2.42. The quantitative estimate of drug-likeness (QED) is 0.791. The van der Waals surface area contributed by atoms with Gasteiger partial charge in [0.2, 0.25) is 5.88 Å². The Morgan fingerprint density at radius 2 is 2.19 bits per heavy atom. The molecule has 0 aliphatic carbocycles. The first kappa shape index (κ1) is 17.5. The van der Waals surface area contributed by atoms with Crippen molar-refractivity contribution < 1.29 is 14.0 Å². The van der Waals surface area contributed by atoms with Gasteiger partial charge < -0.3 is 14.0 Å². The van der Waals surface area contributed by atoms with Gasteiger partial charge in [0, 0.05) is 44.6 Å². The molecule has 2 aliphatic rings. The molecule has 2 saturated heterocycles. The number of likely N-dealkylation sites (tertiary alicyclic amines) is 1. The second-order valence-electron chi connectivity index (χ2n) is 7.41. The van der Waals surface area contributed by atoms with Gasteiger partial charge in [-0.3, -0.25) is 4.90 Å². The molecule has 2 aromatic rings. The van der Waals surface area contributed by atoms with Gasteiger partial charge in [-0.05, 0) is 44.6 Å². The Kier molecular flexibility index (Phi) is 5.22. The fraction of sp³-hybridized carbons (Fsp3) is 0.600. The molecule has 0 amide bonds. The Bertz CT molecular complexity index is 695. The molecule has 0 saturated carbocycles. The fourth-order valence-corrected chi connectivity index (χ4v) is 4.29. The zero-order chi connectivity index (χ0) is 17.8. The normalized spacial score (nSPS) is 22.7. The van der Waals surface area contributed by atoms with Crippen LogP contribution in [0.2, 0.25) is 0 Å². The summed E-state index contributed by atoms with van der Waals surface area (Å²) in [4.78, 5) is 6.67. The molecule has 1 atom stereocenters. The average molecular weight is 357 g/mol. The van der Waals surface area contributed by atoms with E-state index in [1.165, 1.54) is 0 Å². The van der Waals surface area contributed by atoms with Crippen LogP contribution in [0.3, 0.4) is 0 Å². The molecule has 4 rings (SSSR count). The van der Waals surface area contributed by atoms with Crippen LogP contribution in [0.5, 0.6) is 5.88 Å².